The molecule has 1 aliphatic rings. The highest BCUT2D eigenvalue weighted by Gasteiger charge is 2.37. The van der Waals surface area contributed by atoms with Crippen LogP contribution < -0.4 is 10.1 Å². The first kappa shape index (κ1) is 12.2. The van der Waals surface area contributed by atoms with Crippen molar-refractivity contribution in [3.8, 4) is 11.5 Å². The van der Waals surface area contributed by atoms with Gasteiger partial charge in [0.2, 0.25) is 0 Å². The van der Waals surface area contributed by atoms with Gasteiger partial charge in [-0.15, -0.1) is 0 Å². The van der Waals surface area contributed by atoms with Crippen molar-refractivity contribution >= 4 is 0 Å². The van der Waals surface area contributed by atoms with Crippen LogP contribution in [-0.2, 0) is 6.54 Å². The van der Waals surface area contributed by atoms with Gasteiger partial charge in [0.05, 0.1) is 7.11 Å². The number of phenols is 1. The third kappa shape index (κ3) is 2.91. The molecule has 2 N–H and O–H groups in total. The summed E-state index contributed by atoms with van der Waals surface area (Å²) >= 11 is 0. The van der Waals surface area contributed by atoms with Gasteiger partial charge in [-0.2, -0.15) is 0 Å². The molecule has 1 aromatic rings. The van der Waals surface area contributed by atoms with Gasteiger partial charge in [0.1, 0.15) is 0 Å². The molecule has 1 saturated carbocycles. The fourth-order valence-corrected chi connectivity index (χ4v) is 2.11. The Hall–Kier alpha value is -1.22. The second kappa shape index (κ2) is 4.57. The van der Waals surface area contributed by atoms with Gasteiger partial charge in [-0.25, -0.2) is 0 Å². The Morgan fingerprint density at radius 3 is 2.71 bits per heavy atom. The minimum atomic E-state index is 0.192. The van der Waals surface area contributed by atoms with Crippen LogP contribution in [0.4, 0.5) is 0 Å². The highest BCUT2D eigenvalue weighted by molar-refractivity contribution is 5.41. The Bertz CT molecular complexity index is 397. The Labute approximate surface area is 103 Å². The van der Waals surface area contributed by atoms with Crippen molar-refractivity contribution in [3.63, 3.8) is 0 Å². The predicted octanol–water partition coefficient (Wildman–Crippen LogP) is 2.68. The van der Waals surface area contributed by atoms with E-state index in [-0.39, 0.29) is 11.3 Å². The summed E-state index contributed by atoms with van der Waals surface area (Å²) in [5.74, 6) is 1.53. The summed E-state index contributed by atoms with van der Waals surface area (Å²) in [5, 5.41) is 13.1. The van der Waals surface area contributed by atoms with Crippen LogP contribution in [0.3, 0.4) is 0 Å². The maximum absolute atomic E-state index is 9.52. The maximum Gasteiger partial charge on any atom is 0.160 e. The third-order valence-electron chi connectivity index (χ3n) is 3.59. The number of phenolic OH excluding ortho intramolecular Hbond substituents is 1. The van der Waals surface area contributed by atoms with Gasteiger partial charge in [-0.05, 0) is 50.3 Å². The molecule has 1 aromatic carbocycles. The summed E-state index contributed by atoms with van der Waals surface area (Å²) < 4.78 is 5.10. The van der Waals surface area contributed by atoms with Gasteiger partial charge >= 0.3 is 0 Å². The number of methoxy groups -OCH3 is 1. The molecule has 0 heterocycles. The summed E-state index contributed by atoms with van der Waals surface area (Å²) in [6.07, 6.45) is 2.66. The van der Waals surface area contributed by atoms with E-state index in [1.165, 1.54) is 12.8 Å². The van der Waals surface area contributed by atoms with Crippen LogP contribution in [0.5, 0.6) is 11.5 Å². The summed E-state index contributed by atoms with van der Waals surface area (Å²) in [4.78, 5) is 0. The summed E-state index contributed by atoms with van der Waals surface area (Å²) in [6, 6.07) is 5.49. The van der Waals surface area contributed by atoms with Gasteiger partial charge in [0, 0.05) is 12.1 Å². The van der Waals surface area contributed by atoms with Gasteiger partial charge in [-0.1, -0.05) is 6.07 Å². The van der Waals surface area contributed by atoms with Crippen molar-refractivity contribution in [2.45, 2.75) is 38.8 Å². The zero-order valence-corrected chi connectivity index (χ0v) is 10.8. The van der Waals surface area contributed by atoms with Crippen LogP contribution in [-0.4, -0.2) is 17.8 Å². The van der Waals surface area contributed by atoms with Gasteiger partial charge < -0.3 is 15.2 Å². The molecule has 0 unspecified atom stereocenters. The van der Waals surface area contributed by atoms with Gasteiger partial charge in [0.15, 0.2) is 11.5 Å². The highest BCUT2D eigenvalue weighted by atomic mass is 16.5. The van der Waals surface area contributed by atoms with E-state index in [1.54, 1.807) is 13.2 Å². The van der Waals surface area contributed by atoms with Gasteiger partial charge in [-0.3, -0.25) is 0 Å². The van der Waals surface area contributed by atoms with E-state index in [9.17, 15) is 5.11 Å². The monoisotopic (exact) mass is 235 g/mol. The number of benzene rings is 1. The largest absolute Gasteiger partial charge is 0.504 e. The lowest BCUT2D eigenvalue weighted by atomic mass is 9.98. The molecule has 0 radical (unpaired) electrons. The van der Waals surface area contributed by atoms with Crippen LogP contribution in [0, 0.1) is 5.92 Å². The number of hydrogen-bond acceptors (Lipinski definition) is 3. The molecule has 1 fully saturated rings. The Kier molecular flexibility index (Phi) is 3.29. The third-order valence-corrected chi connectivity index (χ3v) is 3.59. The van der Waals surface area contributed by atoms with E-state index in [0.717, 1.165) is 18.0 Å². The van der Waals surface area contributed by atoms with E-state index in [0.29, 0.717) is 5.75 Å². The van der Waals surface area contributed by atoms with E-state index >= 15 is 0 Å². The molecule has 0 bridgehead atoms. The van der Waals surface area contributed by atoms with Crippen molar-refractivity contribution in [1.82, 2.24) is 5.32 Å². The maximum atomic E-state index is 9.52. The SMILES string of the molecule is COc1cc(CNC(C)(C)C2CC2)ccc1O. The standard InChI is InChI=1S/C14H21NO2/c1-14(2,11-5-6-11)15-9-10-4-7-12(16)13(8-10)17-3/h4,7-8,11,15-16H,5-6,9H2,1-3H3. The lowest BCUT2D eigenvalue weighted by Gasteiger charge is -2.26. The zero-order valence-electron chi connectivity index (χ0n) is 10.8. The Morgan fingerprint density at radius 1 is 1.41 bits per heavy atom. The fraction of sp³-hybridized carbons (Fsp3) is 0.571. The Balaban J connectivity index is 1.99. The first-order valence-electron chi connectivity index (χ1n) is 6.14. The summed E-state index contributed by atoms with van der Waals surface area (Å²) in [6.45, 7) is 5.31. The van der Waals surface area contributed by atoms with Crippen LogP contribution in [0.15, 0.2) is 18.2 Å². The quantitative estimate of drug-likeness (QED) is 0.824. The molecule has 2 rings (SSSR count). The van der Waals surface area contributed by atoms with Crippen LogP contribution in [0.2, 0.25) is 0 Å². The van der Waals surface area contributed by atoms with Crippen LogP contribution in [0.1, 0.15) is 32.3 Å². The molecule has 3 heteroatoms. The molecular formula is C14H21NO2. The first-order valence-corrected chi connectivity index (χ1v) is 6.14. The van der Waals surface area contributed by atoms with Crippen molar-refractivity contribution in [3.05, 3.63) is 23.8 Å². The van der Waals surface area contributed by atoms with E-state index < -0.39 is 0 Å². The molecule has 1 aliphatic carbocycles. The minimum absolute atomic E-state index is 0.192. The minimum Gasteiger partial charge on any atom is -0.504 e. The Morgan fingerprint density at radius 2 is 2.12 bits per heavy atom. The molecule has 0 spiro atoms. The predicted molar refractivity (Wildman–Crippen MR) is 68.3 cm³/mol. The lowest BCUT2D eigenvalue weighted by molar-refractivity contribution is 0.338. The van der Waals surface area contributed by atoms with Crippen molar-refractivity contribution < 1.29 is 9.84 Å². The van der Waals surface area contributed by atoms with E-state index in [4.69, 9.17) is 4.74 Å². The van der Waals surface area contributed by atoms with Crippen molar-refractivity contribution in [1.29, 1.82) is 0 Å². The molecule has 0 aliphatic heterocycles. The number of aromatic hydroxyl groups is 1. The lowest BCUT2D eigenvalue weighted by Crippen LogP contribution is -2.40. The van der Waals surface area contributed by atoms with E-state index in [1.807, 2.05) is 12.1 Å². The highest BCUT2D eigenvalue weighted by Crippen LogP contribution is 2.39. The molecule has 94 valence electrons. The molecule has 0 saturated heterocycles. The molecular weight excluding hydrogens is 214 g/mol. The van der Waals surface area contributed by atoms with Crippen molar-refractivity contribution in [2.75, 3.05) is 7.11 Å². The number of nitrogens with one attached hydrogen (secondary N) is 1. The number of rotatable bonds is 5. The molecule has 0 amide bonds. The second-order valence-electron chi connectivity index (χ2n) is 5.36. The average molecular weight is 235 g/mol. The average Bonchev–Trinajstić information content (AvgIpc) is 3.12. The second-order valence-corrected chi connectivity index (χ2v) is 5.36. The molecule has 3 nitrogen and oxygen atoms in total. The van der Waals surface area contributed by atoms with Crippen LogP contribution >= 0.6 is 0 Å². The summed E-state index contributed by atoms with van der Waals surface area (Å²) in [7, 11) is 1.57. The summed E-state index contributed by atoms with van der Waals surface area (Å²) in [5.41, 5.74) is 1.33. The number of hydrogen-bond donors (Lipinski definition) is 2. The molecule has 17 heavy (non-hydrogen) atoms. The topological polar surface area (TPSA) is 41.5 Å². The fourth-order valence-electron chi connectivity index (χ4n) is 2.11. The molecule has 0 aromatic heterocycles. The van der Waals surface area contributed by atoms with Gasteiger partial charge in [0.25, 0.3) is 0 Å². The molecule has 0 atom stereocenters. The normalized spacial score (nSPS) is 15.9. The zero-order chi connectivity index (χ0) is 12.5. The number of ether oxygens (including phenoxy) is 1. The van der Waals surface area contributed by atoms with Crippen molar-refractivity contribution in [2.24, 2.45) is 5.92 Å². The van der Waals surface area contributed by atoms with Crippen LogP contribution in [0.25, 0.3) is 0 Å². The smallest absolute Gasteiger partial charge is 0.160 e. The van der Waals surface area contributed by atoms with E-state index in [2.05, 4.69) is 19.2 Å². The first-order chi connectivity index (χ1) is 8.03.